The van der Waals surface area contributed by atoms with Crippen LogP contribution in [0.1, 0.15) is 31.4 Å². The van der Waals surface area contributed by atoms with Crippen LogP contribution < -0.4 is 10.1 Å². The van der Waals surface area contributed by atoms with E-state index < -0.39 is 11.9 Å². The summed E-state index contributed by atoms with van der Waals surface area (Å²) in [5, 5.41) is 2.96. The predicted molar refractivity (Wildman–Crippen MR) is 99.6 cm³/mol. The molecule has 2 unspecified atom stereocenters. The lowest BCUT2D eigenvalue weighted by Crippen LogP contribution is -2.43. The molecule has 142 valence electrons. The van der Waals surface area contributed by atoms with E-state index in [0.717, 1.165) is 12.0 Å². The summed E-state index contributed by atoms with van der Waals surface area (Å²) in [7, 11) is 0. The van der Waals surface area contributed by atoms with Crippen LogP contribution in [-0.4, -0.2) is 35.9 Å². The van der Waals surface area contributed by atoms with Crippen LogP contribution in [0.2, 0.25) is 0 Å². The van der Waals surface area contributed by atoms with Gasteiger partial charge in [-0.25, -0.2) is 4.39 Å². The van der Waals surface area contributed by atoms with Crippen molar-refractivity contribution in [1.82, 2.24) is 10.2 Å². The van der Waals surface area contributed by atoms with Crippen molar-refractivity contribution in [3.8, 4) is 5.75 Å². The van der Waals surface area contributed by atoms with E-state index in [-0.39, 0.29) is 17.9 Å². The van der Waals surface area contributed by atoms with Gasteiger partial charge in [-0.05, 0) is 31.0 Å². The van der Waals surface area contributed by atoms with Gasteiger partial charge in [0.05, 0.1) is 6.04 Å². The summed E-state index contributed by atoms with van der Waals surface area (Å²) in [5.74, 6) is -0.340. The SMILES string of the molecule is CC(Oc1cccc(F)c1)C(=O)NC(CN1CCCC1=O)c1ccccc1. The van der Waals surface area contributed by atoms with Gasteiger partial charge in [0.25, 0.3) is 5.91 Å². The Hall–Kier alpha value is -2.89. The van der Waals surface area contributed by atoms with Crippen LogP contribution in [-0.2, 0) is 9.59 Å². The molecular formula is C21H23FN2O3. The highest BCUT2D eigenvalue weighted by Gasteiger charge is 2.27. The maximum atomic E-state index is 13.3. The first-order valence-electron chi connectivity index (χ1n) is 9.08. The van der Waals surface area contributed by atoms with Gasteiger partial charge < -0.3 is 15.0 Å². The molecule has 3 rings (SSSR count). The predicted octanol–water partition coefficient (Wildman–Crippen LogP) is 3.07. The highest BCUT2D eigenvalue weighted by atomic mass is 19.1. The second kappa shape index (κ2) is 8.66. The minimum absolute atomic E-state index is 0.106. The summed E-state index contributed by atoms with van der Waals surface area (Å²) >= 11 is 0. The van der Waals surface area contributed by atoms with Gasteiger partial charge >= 0.3 is 0 Å². The van der Waals surface area contributed by atoms with Gasteiger partial charge in [0.1, 0.15) is 11.6 Å². The molecular weight excluding hydrogens is 347 g/mol. The zero-order valence-electron chi connectivity index (χ0n) is 15.2. The minimum Gasteiger partial charge on any atom is -0.481 e. The zero-order chi connectivity index (χ0) is 19.2. The number of hydrogen-bond acceptors (Lipinski definition) is 3. The molecule has 0 radical (unpaired) electrons. The van der Waals surface area contributed by atoms with Crippen LogP contribution in [0.15, 0.2) is 54.6 Å². The number of nitrogens with one attached hydrogen (secondary N) is 1. The van der Waals surface area contributed by atoms with Crippen LogP contribution in [0.25, 0.3) is 0 Å². The van der Waals surface area contributed by atoms with Crippen molar-refractivity contribution in [2.75, 3.05) is 13.1 Å². The van der Waals surface area contributed by atoms with Gasteiger partial charge in [0.15, 0.2) is 6.10 Å². The fraction of sp³-hybridized carbons (Fsp3) is 0.333. The van der Waals surface area contributed by atoms with Crippen LogP contribution >= 0.6 is 0 Å². The second-order valence-corrected chi connectivity index (χ2v) is 6.63. The first kappa shape index (κ1) is 18.9. The summed E-state index contributed by atoms with van der Waals surface area (Å²) in [5.41, 5.74) is 0.920. The van der Waals surface area contributed by atoms with Crippen molar-refractivity contribution in [2.45, 2.75) is 31.9 Å². The number of ether oxygens (including phenoxy) is 1. The molecule has 2 atom stereocenters. The quantitative estimate of drug-likeness (QED) is 0.815. The standard InChI is InChI=1S/C21H23FN2O3/c1-15(27-18-10-5-9-17(22)13-18)21(26)23-19(16-7-3-2-4-8-16)14-24-12-6-11-20(24)25/h2-5,7-10,13,15,19H,6,11-12,14H2,1H3,(H,23,26). The zero-order valence-corrected chi connectivity index (χ0v) is 15.2. The molecule has 1 N–H and O–H groups in total. The average Bonchev–Trinajstić information content (AvgIpc) is 3.06. The first-order chi connectivity index (χ1) is 13.0. The Balaban J connectivity index is 1.68. The maximum absolute atomic E-state index is 13.3. The van der Waals surface area contributed by atoms with Crippen LogP contribution in [0.4, 0.5) is 4.39 Å². The van der Waals surface area contributed by atoms with Crippen molar-refractivity contribution in [2.24, 2.45) is 0 Å². The average molecular weight is 370 g/mol. The second-order valence-electron chi connectivity index (χ2n) is 6.63. The molecule has 1 saturated heterocycles. The van der Waals surface area contributed by atoms with E-state index in [2.05, 4.69) is 5.32 Å². The molecule has 1 heterocycles. The molecule has 2 aromatic rings. The lowest BCUT2D eigenvalue weighted by Gasteiger charge is -2.26. The molecule has 1 aliphatic heterocycles. The number of nitrogens with zero attached hydrogens (tertiary/aromatic N) is 1. The molecule has 6 heteroatoms. The van der Waals surface area contributed by atoms with Crippen molar-refractivity contribution in [3.05, 3.63) is 66.0 Å². The van der Waals surface area contributed by atoms with Crippen molar-refractivity contribution >= 4 is 11.8 Å². The number of carbonyl (C=O) groups excluding carboxylic acids is 2. The molecule has 0 aromatic heterocycles. The fourth-order valence-corrected chi connectivity index (χ4v) is 3.12. The van der Waals surface area contributed by atoms with Gasteiger partial charge in [-0.1, -0.05) is 36.4 Å². The Labute approximate surface area is 158 Å². The van der Waals surface area contributed by atoms with Crippen LogP contribution in [0.5, 0.6) is 5.75 Å². The molecule has 0 bridgehead atoms. The lowest BCUT2D eigenvalue weighted by atomic mass is 10.1. The Morgan fingerprint density at radius 3 is 2.67 bits per heavy atom. The topological polar surface area (TPSA) is 58.6 Å². The summed E-state index contributed by atoms with van der Waals surface area (Å²) in [6, 6.07) is 14.9. The summed E-state index contributed by atoms with van der Waals surface area (Å²) in [4.78, 5) is 26.4. The molecule has 1 fully saturated rings. The largest absolute Gasteiger partial charge is 0.481 e. The maximum Gasteiger partial charge on any atom is 0.261 e. The van der Waals surface area contributed by atoms with Crippen molar-refractivity contribution < 1.29 is 18.7 Å². The number of hydrogen-bond donors (Lipinski definition) is 1. The monoisotopic (exact) mass is 370 g/mol. The number of halogens is 1. The van der Waals surface area contributed by atoms with E-state index in [1.807, 2.05) is 30.3 Å². The number of likely N-dealkylation sites (tertiary alicyclic amines) is 1. The number of rotatable bonds is 7. The van der Waals surface area contributed by atoms with Gasteiger partial charge in [-0.2, -0.15) is 0 Å². The smallest absolute Gasteiger partial charge is 0.261 e. The molecule has 27 heavy (non-hydrogen) atoms. The minimum atomic E-state index is -0.799. The molecule has 5 nitrogen and oxygen atoms in total. The summed E-state index contributed by atoms with van der Waals surface area (Å²) in [6.07, 6.45) is 0.592. The molecule has 2 aromatic carbocycles. The molecule has 1 aliphatic rings. The normalized spacial score (nSPS) is 16.1. The van der Waals surface area contributed by atoms with Crippen LogP contribution in [0.3, 0.4) is 0 Å². The first-order valence-corrected chi connectivity index (χ1v) is 9.08. The van der Waals surface area contributed by atoms with Crippen molar-refractivity contribution in [1.29, 1.82) is 0 Å². The van der Waals surface area contributed by atoms with E-state index in [9.17, 15) is 14.0 Å². The summed E-state index contributed by atoms with van der Waals surface area (Å²) in [6.45, 7) is 2.73. The third-order valence-corrected chi connectivity index (χ3v) is 4.57. The van der Waals surface area contributed by atoms with Gasteiger partial charge in [-0.3, -0.25) is 9.59 Å². The summed E-state index contributed by atoms with van der Waals surface area (Å²) < 4.78 is 18.8. The van der Waals surface area contributed by atoms with Gasteiger partial charge in [0.2, 0.25) is 5.91 Å². The number of carbonyl (C=O) groups is 2. The Morgan fingerprint density at radius 2 is 2.00 bits per heavy atom. The van der Waals surface area contributed by atoms with Crippen LogP contribution in [0, 0.1) is 5.82 Å². The number of amides is 2. The Bertz CT molecular complexity index is 797. The van der Waals surface area contributed by atoms with Crippen molar-refractivity contribution in [3.63, 3.8) is 0 Å². The molecule has 0 saturated carbocycles. The third kappa shape index (κ3) is 5.06. The Morgan fingerprint density at radius 1 is 1.22 bits per heavy atom. The Kier molecular flexibility index (Phi) is 6.06. The van der Waals surface area contributed by atoms with Gasteiger partial charge in [0, 0.05) is 25.6 Å². The fourth-order valence-electron chi connectivity index (χ4n) is 3.12. The van der Waals surface area contributed by atoms with E-state index in [1.165, 1.54) is 18.2 Å². The molecule has 0 spiro atoms. The van der Waals surface area contributed by atoms with E-state index in [0.29, 0.717) is 25.3 Å². The lowest BCUT2D eigenvalue weighted by molar-refractivity contribution is -0.131. The van der Waals surface area contributed by atoms with Gasteiger partial charge in [-0.15, -0.1) is 0 Å². The highest BCUT2D eigenvalue weighted by Crippen LogP contribution is 2.19. The van der Waals surface area contributed by atoms with E-state index in [1.54, 1.807) is 17.9 Å². The molecule has 2 amide bonds. The van der Waals surface area contributed by atoms with E-state index >= 15 is 0 Å². The highest BCUT2D eigenvalue weighted by molar-refractivity contribution is 5.81. The van der Waals surface area contributed by atoms with E-state index in [4.69, 9.17) is 4.74 Å². The number of benzene rings is 2. The third-order valence-electron chi connectivity index (χ3n) is 4.57. The molecule has 0 aliphatic carbocycles.